The minimum atomic E-state index is 0. The van der Waals surface area contributed by atoms with E-state index in [0.717, 1.165) is 17.8 Å². The van der Waals surface area contributed by atoms with Crippen molar-refractivity contribution in [3.63, 3.8) is 0 Å². The molecule has 2 rings (SSSR count). The number of rotatable bonds is 1. The quantitative estimate of drug-likeness (QED) is 0.752. The normalized spacial score (nSPS) is 9.92. The van der Waals surface area contributed by atoms with Crippen LogP contribution in [0.4, 0.5) is 5.82 Å². The highest BCUT2D eigenvalue weighted by atomic mass is 35.5. The zero-order valence-corrected chi connectivity index (χ0v) is 8.08. The van der Waals surface area contributed by atoms with Crippen molar-refractivity contribution in [2.45, 2.75) is 13.3 Å². The molecule has 2 N–H and O–H groups in total. The number of hydrogen-bond acceptors (Lipinski definition) is 3. The molecule has 0 spiro atoms. The molecular formula is C8H11ClN4. The van der Waals surface area contributed by atoms with Gasteiger partial charge in [0, 0.05) is 0 Å². The van der Waals surface area contributed by atoms with E-state index < -0.39 is 0 Å². The first-order valence-corrected chi connectivity index (χ1v) is 3.90. The van der Waals surface area contributed by atoms with Gasteiger partial charge < -0.3 is 5.73 Å². The predicted molar refractivity (Wildman–Crippen MR) is 54.0 cm³/mol. The van der Waals surface area contributed by atoms with Crippen molar-refractivity contribution in [3.8, 4) is 0 Å². The number of halogens is 1. The molecule has 0 saturated carbocycles. The molecule has 0 radical (unpaired) electrons. The lowest BCUT2D eigenvalue weighted by atomic mass is 10.4. The topological polar surface area (TPSA) is 56.2 Å². The van der Waals surface area contributed by atoms with Gasteiger partial charge in [-0.05, 0) is 18.6 Å². The van der Waals surface area contributed by atoms with Gasteiger partial charge in [0.15, 0.2) is 5.65 Å². The number of nitrogens with two attached hydrogens (primary N) is 1. The van der Waals surface area contributed by atoms with Crippen LogP contribution in [0.1, 0.15) is 12.6 Å². The molecule has 0 aliphatic rings. The number of aryl methyl sites for hydroxylation is 1. The third-order valence-electron chi connectivity index (χ3n) is 1.75. The Balaban J connectivity index is 0.000000845. The largest absolute Gasteiger partial charge is 0.382 e. The first-order chi connectivity index (χ1) is 5.79. The third kappa shape index (κ3) is 1.72. The summed E-state index contributed by atoms with van der Waals surface area (Å²) >= 11 is 0. The van der Waals surface area contributed by atoms with Crippen molar-refractivity contribution in [1.29, 1.82) is 0 Å². The van der Waals surface area contributed by atoms with Crippen LogP contribution in [0.5, 0.6) is 0 Å². The number of hydrogen-bond donors (Lipinski definition) is 1. The summed E-state index contributed by atoms with van der Waals surface area (Å²) in [7, 11) is 0. The molecule has 0 atom stereocenters. The fraction of sp³-hybridized carbons (Fsp3) is 0.250. The molecule has 0 amide bonds. The highest BCUT2D eigenvalue weighted by Crippen LogP contribution is 2.05. The van der Waals surface area contributed by atoms with E-state index in [2.05, 4.69) is 17.0 Å². The van der Waals surface area contributed by atoms with Crippen LogP contribution in [0.2, 0.25) is 0 Å². The Bertz CT molecular complexity index is 409. The molecular weight excluding hydrogens is 188 g/mol. The Morgan fingerprint density at radius 3 is 2.92 bits per heavy atom. The average molecular weight is 199 g/mol. The van der Waals surface area contributed by atoms with Crippen LogP contribution < -0.4 is 5.73 Å². The minimum absolute atomic E-state index is 0. The maximum atomic E-state index is 5.51. The van der Waals surface area contributed by atoms with Gasteiger partial charge in [-0.15, -0.1) is 17.5 Å². The van der Waals surface area contributed by atoms with Crippen molar-refractivity contribution < 1.29 is 0 Å². The fourth-order valence-electron chi connectivity index (χ4n) is 1.12. The van der Waals surface area contributed by atoms with Crippen LogP contribution >= 0.6 is 12.4 Å². The molecule has 2 aromatic heterocycles. The second kappa shape index (κ2) is 3.62. The first kappa shape index (κ1) is 9.80. The molecule has 13 heavy (non-hydrogen) atoms. The zero-order chi connectivity index (χ0) is 8.55. The van der Waals surface area contributed by atoms with E-state index in [4.69, 9.17) is 5.73 Å². The molecule has 5 heteroatoms. The molecule has 4 nitrogen and oxygen atoms in total. The van der Waals surface area contributed by atoms with E-state index in [1.165, 1.54) is 0 Å². The van der Waals surface area contributed by atoms with Crippen LogP contribution in [0.25, 0.3) is 5.65 Å². The van der Waals surface area contributed by atoms with Crippen LogP contribution in [0.3, 0.4) is 0 Å². The SMILES string of the molecule is CCc1cn2nc(N)ccc2n1.Cl. The summed E-state index contributed by atoms with van der Waals surface area (Å²) in [6, 6.07) is 3.61. The molecule has 0 unspecified atom stereocenters. The lowest BCUT2D eigenvalue weighted by molar-refractivity contribution is 0.940. The van der Waals surface area contributed by atoms with Gasteiger partial charge >= 0.3 is 0 Å². The molecule has 0 aromatic carbocycles. The molecule has 70 valence electrons. The Kier molecular flexibility index (Phi) is 2.72. The maximum Gasteiger partial charge on any atom is 0.153 e. The van der Waals surface area contributed by atoms with Crippen molar-refractivity contribution in [2.24, 2.45) is 0 Å². The van der Waals surface area contributed by atoms with Gasteiger partial charge in [-0.1, -0.05) is 6.92 Å². The fourth-order valence-corrected chi connectivity index (χ4v) is 1.12. The van der Waals surface area contributed by atoms with Crippen molar-refractivity contribution in [1.82, 2.24) is 14.6 Å². The Morgan fingerprint density at radius 1 is 1.46 bits per heavy atom. The van der Waals surface area contributed by atoms with E-state index in [1.807, 2.05) is 12.3 Å². The highest BCUT2D eigenvalue weighted by Gasteiger charge is 1.99. The number of anilines is 1. The maximum absolute atomic E-state index is 5.51. The second-order valence-electron chi connectivity index (χ2n) is 2.65. The van der Waals surface area contributed by atoms with Crippen molar-refractivity contribution >= 4 is 23.9 Å². The van der Waals surface area contributed by atoms with Gasteiger partial charge in [-0.2, -0.15) is 0 Å². The van der Waals surface area contributed by atoms with E-state index in [-0.39, 0.29) is 12.4 Å². The van der Waals surface area contributed by atoms with Gasteiger partial charge in [-0.3, -0.25) is 0 Å². The summed E-state index contributed by atoms with van der Waals surface area (Å²) in [5.74, 6) is 0.516. The van der Waals surface area contributed by atoms with Gasteiger partial charge in [0.1, 0.15) is 5.82 Å². The van der Waals surface area contributed by atoms with E-state index in [0.29, 0.717) is 5.82 Å². The standard InChI is InChI=1S/C8H10N4.ClH/c1-2-6-5-12-8(10-6)4-3-7(9)11-12;/h3-5H,2H2,1H3,(H2,9,11);1H. The van der Waals surface area contributed by atoms with Crippen molar-refractivity contribution in [2.75, 3.05) is 5.73 Å². The zero-order valence-electron chi connectivity index (χ0n) is 7.27. The number of fused-ring (bicyclic) bond motifs is 1. The minimum Gasteiger partial charge on any atom is -0.382 e. The summed E-state index contributed by atoms with van der Waals surface area (Å²) in [5.41, 5.74) is 7.40. The molecule has 0 aliphatic heterocycles. The highest BCUT2D eigenvalue weighted by molar-refractivity contribution is 5.85. The molecule has 2 aromatic rings. The smallest absolute Gasteiger partial charge is 0.153 e. The summed E-state index contributed by atoms with van der Waals surface area (Å²) < 4.78 is 1.70. The second-order valence-corrected chi connectivity index (χ2v) is 2.65. The van der Waals surface area contributed by atoms with Gasteiger partial charge in [0.05, 0.1) is 11.9 Å². The monoisotopic (exact) mass is 198 g/mol. The van der Waals surface area contributed by atoms with Crippen LogP contribution in [0.15, 0.2) is 18.3 Å². The van der Waals surface area contributed by atoms with Crippen LogP contribution in [-0.2, 0) is 6.42 Å². The molecule has 0 fully saturated rings. The van der Waals surface area contributed by atoms with Crippen molar-refractivity contribution in [3.05, 3.63) is 24.0 Å². The number of aromatic nitrogens is 3. The number of nitrogen functional groups attached to an aromatic ring is 1. The van der Waals surface area contributed by atoms with E-state index in [9.17, 15) is 0 Å². The molecule has 2 heterocycles. The average Bonchev–Trinajstić information content (AvgIpc) is 2.46. The van der Waals surface area contributed by atoms with Crippen LogP contribution in [-0.4, -0.2) is 14.6 Å². The third-order valence-corrected chi connectivity index (χ3v) is 1.75. The number of nitrogens with zero attached hydrogens (tertiary/aromatic N) is 3. The van der Waals surface area contributed by atoms with E-state index >= 15 is 0 Å². The molecule has 0 bridgehead atoms. The van der Waals surface area contributed by atoms with Gasteiger partial charge in [0.25, 0.3) is 0 Å². The Hall–Kier alpha value is -1.29. The summed E-state index contributed by atoms with van der Waals surface area (Å²) in [6.45, 7) is 2.06. The van der Waals surface area contributed by atoms with Crippen LogP contribution in [0, 0.1) is 0 Å². The van der Waals surface area contributed by atoms with Gasteiger partial charge in [-0.25, -0.2) is 9.50 Å². The molecule has 0 aliphatic carbocycles. The predicted octanol–water partition coefficient (Wildman–Crippen LogP) is 1.30. The van der Waals surface area contributed by atoms with Gasteiger partial charge in [0.2, 0.25) is 0 Å². The lowest BCUT2D eigenvalue weighted by Gasteiger charge is -1.91. The lowest BCUT2D eigenvalue weighted by Crippen LogP contribution is -1.95. The summed E-state index contributed by atoms with van der Waals surface area (Å²) in [6.07, 6.45) is 2.81. The molecule has 0 saturated heterocycles. The van der Waals surface area contributed by atoms with E-state index in [1.54, 1.807) is 10.6 Å². The Morgan fingerprint density at radius 2 is 2.23 bits per heavy atom. The number of imidazole rings is 1. The summed E-state index contributed by atoms with van der Waals surface area (Å²) in [5, 5.41) is 4.08. The Labute approximate surface area is 82.2 Å². The summed E-state index contributed by atoms with van der Waals surface area (Å²) in [4.78, 5) is 4.32. The first-order valence-electron chi connectivity index (χ1n) is 3.90.